The zero-order chi connectivity index (χ0) is 15.8. The number of esters is 2. The van der Waals surface area contributed by atoms with Gasteiger partial charge in [-0.15, -0.1) is 0 Å². The van der Waals surface area contributed by atoms with Crippen LogP contribution in [-0.4, -0.2) is 32.6 Å². The summed E-state index contributed by atoms with van der Waals surface area (Å²) in [5, 5.41) is 0. The second-order valence-electron chi connectivity index (χ2n) is 3.55. The summed E-state index contributed by atoms with van der Waals surface area (Å²) >= 11 is 0. The maximum atomic E-state index is 11.8. The van der Waals surface area contributed by atoms with Gasteiger partial charge >= 0.3 is 19.8 Å². The highest BCUT2D eigenvalue weighted by molar-refractivity contribution is 7.48. The standard InChI is InChI=1S/C11H17O8P/c1-8(2)10(12)16-6-18-20(14,15-5)19-7-17-11(13)9(3)4/h1,3,6-7H2,2,4-5H3. The van der Waals surface area contributed by atoms with Gasteiger partial charge in [-0.3, -0.25) is 4.52 Å². The van der Waals surface area contributed by atoms with Crippen molar-refractivity contribution >= 4 is 19.8 Å². The predicted octanol–water partition coefficient (Wildman–Crippen LogP) is 1.93. The number of phosphoric ester groups is 1. The number of hydrogen-bond acceptors (Lipinski definition) is 8. The highest BCUT2D eigenvalue weighted by atomic mass is 31.2. The van der Waals surface area contributed by atoms with E-state index in [1.165, 1.54) is 13.8 Å². The Labute approximate surface area is 116 Å². The van der Waals surface area contributed by atoms with Gasteiger partial charge in [-0.1, -0.05) is 13.2 Å². The zero-order valence-electron chi connectivity index (χ0n) is 11.5. The predicted molar refractivity (Wildman–Crippen MR) is 68.3 cm³/mol. The maximum absolute atomic E-state index is 11.8. The molecule has 0 aliphatic heterocycles. The first-order valence-electron chi connectivity index (χ1n) is 5.32. The molecule has 9 heteroatoms. The molecule has 0 amide bonds. The van der Waals surface area contributed by atoms with E-state index in [0.717, 1.165) is 7.11 Å². The fourth-order valence-corrected chi connectivity index (χ4v) is 1.33. The largest absolute Gasteiger partial charge is 0.480 e. The van der Waals surface area contributed by atoms with Crippen molar-refractivity contribution in [1.29, 1.82) is 0 Å². The Balaban J connectivity index is 4.17. The van der Waals surface area contributed by atoms with Crippen molar-refractivity contribution in [3.8, 4) is 0 Å². The fourth-order valence-electron chi connectivity index (χ4n) is 0.678. The second kappa shape index (κ2) is 8.65. The third-order valence-corrected chi connectivity index (χ3v) is 3.01. The van der Waals surface area contributed by atoms with E-state index in [0.29, 0.717) is 0 Å². The summed E-state index contributed by atoms with van der Waals surface area (Å²) in [4.78, 5) is 22.1. The van der Waals surface area contributed by atoms with Crippen molar-refractivity contribution in [1.82, 2.24) is 0 Å². The van der Waals surface area contributed by atoms with E-state index in [9.17, 15) is 14.2 Å². The molecular weight excluding hydrogens is 291 g/mol. The topological polar surface area (TPSA) is 97.4 Å². The number of carbonyl (C=O) groups is 2. The molecule has 0 aliphatic rings. The summed E-state index contributed by atoms with van der Waals surface area (Å²) in [5.41, 5.74) is 0.300. The fraction of sp³-hybridized carbons (Fsp3) is 0.455. The van der Waals surface area contributed by atoms with Crippen LogP contribution in [0.3, 0.4) is 0 Å². The molecular formula is C11H17O8P. The van der Waals surface area contributed by atoms with Crippen LogP contribution in [0.2, 0.25) is 0 Å². The van der Waals surface area contributed by atoms with Gasteiger partial charge in [0.15, 0.2) is 0 Å². The number of rotatable bonds is 9. The lowest BCUT2D eigenvalue weighted by atomic mass is 10.4. The summed E-state index contributed by atoms with van der Waals surface area (Å²) in [6, 6.07) is 0. The molecule has 0 aliphatic carbocycles. The lowest BCUT2D eigenvalue weighted by Crippen LogP contribution is -2.12. The number of hydrogen-bond donors (Lipinski definition) is 0. The van der Waals surface area contributed by atoms with Crippen LogP contribution in [-0.2, 0) is 37.2 Å². The molecule has 0 unspecified atom stereocenters. The summed E-state index contributed by atoms with van der Waals surface area (Å²) in [5.74, 6) is -1.44. The molecule has 20 heavy (non-hydrogen) atoms. The molecule has 0 N–H and O–H groups in total. The quantitative estimate of drug-likeness (QED) is 0.276. The van der Waals surface area contributed by atoms with E-state index in [2.05, 4.69) is 36.2 Å². The summed E-state index contributed by atoms with van der Waals surface area (Å²) in [6.45, 7) is 8.25. The number of phosphoric acid groups is 1. The van der Waals surface area contributed by atoms with Gasteiger partial charge < -0.3 is 9.47 Å². The molecule has 0 atom stereocenters. The van der Waals surface area contributed by atoms with Crippen LogP contribution in [0.25, 0.3) is 0 Å². The third-order valence-electron chi connectivity index (χ3n) is 1.72. The van der Waals surface area contributed by atoms with Gasteiger partial charge in [-0.25, -0.2) is 23.2 Å². The third kappa shape index (κ3) is 7.20. The van der Waals surface area contributed by atoms with Crippen LogP contribution in [0.1, 0.15) is 13.8 Å². The molecule has 0 aromatic rings. The van der Waals surface area contributed by atoms with Crippen molar-refractivity contribution in [2.24, 2.45) is 0 Å². The monoisotopic (exact) mass is 308 g/mol. The van der Waals surface area contributed by atoms with Crippen molar-refractivity contribution < 1.29 is 37.2 Å². The molecule has 0 heterocycles. The molecule has 0 radical (unpaired) electrons. The molecule has 0 aromatic heterocycles. The first-order valence-corrected chi connectivity index (χ1v) is 6.78. The van der Waals surface area contributed by atoms with E-state index >= 15 is 0 Å². The SMILES string of the molecule is C=C(C)C(=O)OCOP(=O)(OC)OCOC(=O)C(=C)C. The smallest absolute Gasteiger partial charge is 0.435 e. The van der Waals surface area contributed by atoms with E-state index in [1.807, 2.05) is 0 Å². The van der Waals surface area contributed by atoms with Crippen LogP contribution >= 0.6 is 7.82 Å². The molecule has 114 valence electrons. The molecule has 0 fully saturated rings. The second-order valence-corrected chi connectivity index (χ2v) is 5.32. The van der Waals surface area contributed by atoms with E-state index in [4.69, 9.17) is 0 Å². The highest BCUT2D eigenvalue weighted by Crippen LogP contribution is 2.48. The van der Waals surface area contributed by atoms with Gasteiger partial charge in [-0.2, -0.15) is 0 Å². The van der Waals surface area contributed by atoms with Gasteiger partial charge in [0, 0.05) is 18.3 Å². The lowest BCUT2D eigenvalue weighted by Gasteiger charge is -2.15. The van der Waals surface area contributed by atoms with Crippen LogP contribution in [0.4, 0.5) is 0 Å². The van der Waals surface area contributed by atoms with Crippen LogP contribution in [0.5, 0.6) is 0 Å². The minimum absolute atomic E-state index is 0.150. The average molecular weight is 308 g/mol. The van der Waals surface area contributed by atoms with Crippen molar-refractivity contribution in [3.63, 3.8) is 0 Å². The Bertz CT molecular complexity index is 406. The van der Waals surface area contributed by atoms with Crippen molar-refractivity contribution in [3.05, 3.63) is 24.3 Å². The zero-order valence-corrected chi connectivity index (χ0v) is 12.4. The van der Waals surface area contributed by atoms with Gasteiger partial charge in [0.05, 0.1) is 0 Å². The van der Waals surface area contributed by atoms with Gasteiger partial charge in [0.1, 0.15) is 0 Å². The molecule has 0 rings (SSSR count). The van der Waals surface area contributed by atoms with Crippen molar-refractivity contribution in [2.75, 3.05) is 20.7 Å². The van der Waals surface area contributed by atoms with Gasteiger partial charge in [0.25, 0.3) is 0 Å². The molecule has 0 bridgehead atoms. The van der Waals surface area contributed by atoms with Crippen LogP contribution in [0, 0.1) is 0 Å². The van der Waals surface area contributed by atoms with Gasteiger partial charge in [-0.05, 0) is 13.8 Å². The Morgan fingerprint density at radius 2 is 1.30 bits per heavy atom. The average Bonchev–Trinajstić information content (AvgIpc) is 2.38. The summed E-state index contributed by atoms with van der Waals surface area (Å²) in [7, 11) is -2.93. The Hall–Kier alpha value is -1.47. The van der Waals surface area contributed by atoms with Gasteiger partial charge in [0.2, 0.25) is 13.6 Å². The maximum Gasteiger partial charge on any atom is 0.480 e. The van der Waals surface area contributed by atoms with E-state index in [1.54, 1.807) is 0 Å². The Kier molecular flexibility index (Phi) is 8.02. The first kappa shape index (κ1) is 18.5. The molecule has 0 saturated carbocycles. The normalized spacial score (nSPS) is 10.8. The molecule has 0 spiro atoms. The highest BCUT2D eigenvalue weighted by Gasteiger charge is 2.26. The summed E-state index contributed by atoms with van der Waals surface area (Å²) in [6.07, 6.45) is 0. The first-order chi connectivity index (χ1) is 9.22. The molecule has 0 aromatic carbocycles. The van der Waals surface area contributed by atoms with Crippen LogP contribution < -0.4 is 0 Å². The number of ether oxygens (including phenoxy) is 2. The molecule has 8 nitrogen and oxygen atoms in total. The minimum Gasteiger partial charge on any atom is -0.435 e. The summed E-state index contributed by atoms with van der Waals surface area (Å²) < 4.78 is 34.7. The van der Waals surface area contributed by atoms with E-state index in [-0.39, 0.29) is 11.1 Å². The molecule has 0 saturated heterocycles. The Morgan fingerprint density at radius 1 is 0.950 bits per heavy atom. The van der Waals surface area contributed by atoms with E-state index < -0.39 is 33.3 Å². The van der Waals surface area contributed by atoms with Crippen molar-refractivity contribution in [2.45, 2.75) is 13.8 Å². The minimum atomic E-state index is -3.99. The lowest BCUT2D eigenvalue weighted by molar-refractivity contribution is -0.148. The Morgan fingerprint density at radius 3 is 1.55 bits per heavy atom. The number of carbonyl (C=O) groups excluding carboxylic acids is 2. The van der Waals surface area contributed by atoms with Crippen LogP contribution in [0.15, 0.2) is 24.3 Å².